The SMILES string of the molecule is Cc1ccccc1N(C)C(=O)COc1ccccc1N(CCC(C)C)C(=O)CNC(=O)Nc1cccc(CC(=O)O)c1. The summed E-state index contributed by atoms with van der Waals surface area (Å²) < 4.78 is 5.94. The summed E-state index contributed by atoms with van der Waals surface area (Å²) in [5, 5.41) is 14.2. The molecule has 0 aliphatic carbocycles. The van der Waals surface area contributed by atoms with Crippen molar-refractivity contribution in [3.63, 3.8) is 0 Å². The molecule has 0 atom stereocenters. The smallest absolute Gasteiger partial charge is 0.319 e. The monoisotopic (exact) mass is 574 g/mol. The minimum atomic E-state index is -0.976. The van der Waals surface area contributed by atoms with Gasteiger partial charge in [-0.1, -0.05) is 56.3 Å². The third-order valence-electron chi connectivity index (χ3n) is 6.53. The molecule has 3 aromatic carbocycles. The molecule has 42 heavy (non-hydrogen) atoms. The lowest BCUT2D eigenvalue weighted by Crippen LogP contribution is -2.42. The Morgan fingerprint density at radius 1 is 0.905 bits per heavy atom. The molecule has 0 unspecified atom stereocenters. The zero-order valence-corrected chi connectivity index (χ0v) is 24.4. The highest BCUT2D eigenvalue weighted by molar-refractivity contribution is 5.99. The molecule has 222 valence electrons. The number of nitrogens with zero attached hydrogens (tertiary/aromatic N) is 2. The Balaban J connectivity index is 1.69. The summed E-state index contributed by atoms with van der Waals surface area (Å²) in [5.74, 6) is -0.890. The molecular formula is C32H38N4O6. The number of rotatable bonds is 13. The number of aryl methyl sites for hydroxylation is 1. The number of amides is 4. The van der Waals surface area contributed by atoms with Crippen molar-refractivity contribution in [2.24, 2.45) is 5.92 Å². The van der Waals surface area contributed by atoms with E-state index >= 15 is 0 Å². The van der Waals surface area contributed by atoms with E-state index in [-0.39, 0.29) is 31.4 Å². The maximum absolute atomic E-state index is 13.4. The number of hydrogen-bond acceptors (Lipinski definition) is 5. The molecule has 10 heteroatoms. The molecule has 0 bridgehead atoms. The third kappa shape index (κ3) is 9.36. The molecular weight excluding hydrogens is 536 g/mol. The van der Waals surface area contributed by atoms with Crippen LogP contribution in [0, 0.1) is 12.8 Å². The molecule has 3 aromatic rings. The average molecular weight is 575 g/mol. The molecule has 0 aliphatic heterocycles. The van der Waals surface area contributed by atoms with Crippen molar-refractivity contribution < 1.29 is 29.0 Å². The van der Waals surface area contributed by atoms with Crippen LogP contribution in [0.5, 0.6) is 5.75 Å². The van der Waals surface area contributed by atoms with Gasteiger partial charge in [-0.25, -0.2) is 4.79 Å². The second-order valence-corrected chi connectivity index (χ2v) is 10.3. The van der Waals surface area contributed by atoms with Crippen molar-refractivity contribution in [1.29, 1.82) is 0 Å². The number of ether oxygens (including phenoxy) is 1. The van der Waals surface area contributed by atoms with Gasteiger partial charge in [-0.05, 0) is 60.7 Å². The fraction of sp³-hybridized carbons (Fsp3) is 0.312. The van der Waals surface area contributed by atoms with Gasteiger partial charge in [-0.3, -0.25) is 14.4 Å². The summed E-state index contributed by atoms with van der Waals surface area (Å²) in [6.45, 7) is 5.90. The molecule has 0 saturated carbocycles. The molecule has 3 N–H and O–H groups in total. The number of nitrogens with one attached hydrogen (secondary N) is 2. The van der Waals surface area contributed by atoms with E-state index in [2.05, 4.69) is 24.5 Å². The minimum Gasteiger partial charge on any atom is -0.482 e. The van der Waals surface area contributed by atoms with E-state index in [4.69, 9.17) is 9.84 Å². The lowest BCUT2D eigenvalue weighted by Gasteiger charge is -2.26. The number of carbonyl (C=O) groups is 4. The summed E-state index contributed by atoms with van der Waals surface area (Å²) in [6.07, 6.45) is 0.535. The number of urea groups is 1. The number of carboxylic acid groups (broad SMARTS) is 1. The number of aliphatic carboxylic acids is 1. The first-order valence-corrected chi connectivity index (χ1v) is 13.7. The van der Waals surface area contributed by atoms with Gasteiger partial charge in [0.1, 0.15) is 5.75 Å². The topological polar surface area (TPSA) is 128 Å². The summed E-state index contributed by atoms with van der Waals surface area (Å²) >= 11 is 0. The summed E-state index contributed by atoms with van der Waals surface area (Å²) in [5.41, 5.74) is 3.19. The van der Waals surface area contributed by atoms with Crippen LogP contribution in [0.2, 0.25) is 0 Å². The zero-order valence-electron chi connectivity index (χ0n) is 24.4. The van der Waals surface area contributed by atoms with Crippen molar-refractivity contribution in [2.75, 3.05) is 41.9 Å². The summed E-state index contributed by atoms with van der Waals surface area (Å²) in [7, 11) is 1.69. The Morgan fingerprint density at radius 2 is 1.60 bits per heavy atom. The van der Waals surface area contributed by atoms with Crippen LogP contribution >= 0.6 is 0 Å². The van der Waals surface area contributed by atoms with Crippen LogP contribution in [0.3, 0.4) is 0 Å². The first-order chi connectivity index (χ1) is 20.0. The Labute approximate surface area is 246 Å². The molecule has 3 rings (SSSR count). The number of carboxylic acids is 1. The van der Waals surface area contributed by atoms with Crippen LogP contribution < -0.4 is 25.2 Å². The van der Waals surface area contributed by atoms with Gasteiger partial charge in [0.05, 0.1) is 18.7 Å². The number of anilines is 3. The lowest BCUT2D eigenvalue weighted by molar-refractivity contribution is -0.136. The first kappa shape index (κ1) is 31.7. The molecule has 0 aromatic heterocycles. The van der Waals surface area contributed by atoms with Crippen LogP contribution in [0.4, 0.5) is 21.9 Å². The van der Waals surface area contributed by atoms with E-state index in [0.29, 0.717) is 41.6 Å². The van der Waals surface area contributed by atoms with E-state index < -0.39 is 12.0 Å². The molecule has 0 spiro atoms. The number of likely N-dealkylation sites (N-methyl/N-ethyl adjacent to an activating group) is 1. The summed E-state index contributed by atoms with van der Waals surface area (Å²) in [4.78, 5) is 53.0. The third-order valence-corrected chi connectivity index (χ3v) is 6.53. The molecule has 0 radical (unpaired) electrons. The van der Waals surface area contributed by atoms with E-state index in [0.717, 1.165) is 11.3 Å². The van der Waals surface area contributed by atoms with Gasteiger partial charge in [-0.2, -0.15) is 0 Å². The highest BCUT2D eigenvalue weighted by Crippen LogP contribution is 2.29. The first-order valence-electron chi connectivity index (χ1n) is 13.7. The Hall–Kier alpha value is -4.86. The van der Waals surface area contributed by atoms with Crippen molar-refractivity contribution in [3.05, 3.63) is 83.9 Å². The van der Waals surface area contributed by atoms with Crippen LogP contribution in [0.15, 0.2) is 72.8 Å². The van der Waals surface area contributed by atoms with Gasteiger partial charge in [-0.15, -0.1) is 0 Å². The van der Waals surface area contributed by atoms with Crippen molar-refractivity contribution in [1.82, 2.24) is 5.32 Å². The van der Waals surface area contributed by atoms with Crippen LogP contribution in [-0.2, 0) is 20.8 Å². The van der Waals surface area contributed by atoms with Crippen molar-refractivity contribution in [2.45, 2.75) is 33.6 Å². The second-order valence-electron chi connectivity index (χ2n) is 10.3. The zero-order chi connectivity index (χ0) is 30.6. The standard InChI is InChI=1S/C32H38N4O6/c1-22(2)16-17-36(29(37)20-33-32(41)34-25-12-9-11-24(18-25)19-31(39)40)27-14-7-8-15-28(27)42-21-30(38)35(4)26-13-6-5-10-23(26)3/h5-15,18,22H,16-17,19-21H2,1-4H3,(H,39,40)(H2,33,34,41). The predicted molar refractivity (Wildman–Crippen MR) is 163 cm³/mol. The van der Waals surface area contributed by atoms with Crippen molar-refractivity contribution in [3.8, 4) is 5.75 Å². The second kappa shape index (κ2) is 15.2. The normalized spacial score (nSPS) is 10.6. The van der Waals surface area contributed by atoms with E-state index in [1.807, 2.05) is 31.2 Å². The molecule has 0 fully saturated rings. The fourth-order valence-electron chi connectivity index (χ4n) is 4.24. The molecule has 0 saturated heterocycles. The Bertz CT molecular complexity index is 1410. The van der Waals surface area contributed by atoms with Gasteiger partial charge in [0, 0.05) is 25.0 Å². The minimum absolute atomic E-state index is 0.171. The van der Waals surface area contributed by atoms with Crippen LogP contribution in [0.25, 0.3) is 0 Å². The molecule has 0 heterocycles. The molecule has 4 amide bonds. The highest BCUT2D eigenvalue weighted by atomic mass is 16.5. The Kier molecular flexibility index (Phi) is 11.5. The van der Waals surface area contributed by atoms with Gasteiger partial charge in [0.15, 0.2) is 6.61 Å². The van der Waals surface area contributed by atoms with Crippen LogP contribution in [-0.4, -0.2) is 55.7 Å². The van der Waals surface area contributed by atoms with Gasteiger partial charge in [0.2, 0.25) is 5.91 Å². The summed E-state index contributed by atoms with van der Waals surface area (Å²) in [6, 6.07) is 20.5. The molecule has 10 nitrogen and oxygen atoms in total. The van der Waals surface area contributed by atoms with Gasteiger partial charge in [0.25, 0.3) is 5.91 Å². The quantitative estimate of drug-likeness (QED) is 0.267. The number of benzene rings is 3. The maximum atomic E-state index is 13.4. The fourth-order valence-corrected chi connectivity index (χ4v) is 4.24. The number of para-hydroxylation sites is 3. The van der Waals surface area contributed by atoms with E-state index in [9.17, 15) is 19.2 Å². The number of carbonyl (C=O) groups excluding carboxylic acids is 3. The van der Waals surface area contributed by atoms with E-state index in [1.165, 1.54) is 0 Å². The van der Waals surface area contributed by atoms with Crippen LogP contribution in [0.1, 0.15) is 31.4 Å². The highest BCUT2D eigenvalue weighted by Gasteiger charge is 2.22. The van der Waals surface area contributed by atoms with Gasteiger partial charge >= 0.3 is 12.0 Å². The Morgan fingerprint density at radius 3 is 2.29 bits per heavy atom. The maximum Gasteiger partial charge on any atom is 0.319 e. The number of hydrogen-bond donors (Lipinski definition) is 3. The average Bonchev–Trinajstić information content (AvgIpc) is 2.95. The lowest BCUT2D eigenvalue weighted by atomic mass is 10.1. The largest absolute Gasteiger partial charge is 0.482 e. The van der Waals surface area contributed by atoms with Gasteiger partial charge < -0.3 is 30.3 Å². The van der Waals surface area contributed by atoms with Crippen molar-refractivity contribution >= 4 is 40.9 Å². The molecule has 0 aliphatic rings. The van der Waals surface area contributed by atoms with E-state index in [1.54, 1.807) is 65.4 Å². The predicted octanol–water partition coefficient (Wildman–Crippen LogP) is 4.86.